The molecule has 0 aliphatic carbocycles. The van der Waals surface area contributed by atoms with Gasteiger partial charge in [-0.1, -0.05) is 51.3 Å². The summed E-state index contributed by atoms with van der Waals surface area (Å²) in [7, 11) is -3.70. The van der Waals surface area contributed by atoms with Crippen LogP contribution in [0.2, 0.25) is 10.3 Å². The highest BCUT2D eigenvalue weighted by atomic mass is 79.9. The Morgan fingerprint density at radius 2 is 1.33 bits per heavy atom. The first-order chi connectivity index (χ1) is 12.8. The molecule has 0 saturated carbocycles. The highest BCUT2D eigenvalue weighted by molar-refractivity contribution is 9.10. The van der Waals surface area contributed by atoms with Crippen LogP contribution in [0.1, 0.15) is 0 Å². The van der Waals surface area contributed by atoms with Crippen LogP contribution in [0.4, 0.5) is 0 Å². The van der Waals surface area contributed by atoms with Crippen LogP contribution in [0, 0.1) is 0 Å². The number of primary sulfonamides is 1. The van der Waals surface area contributed by atoms with Crippen molar-refractivity contribution in [2.75, 3.05) is 0 Å². The molecule has 4 aromatic rings. The molecule has 27 heavy (non-hydrogen) atoms. The standard InChI is InChI=1S/C9H5BrClN.C9H7ClN2O2S/c10-7-2-1-6-3-4-12-9(11)8(6)5-7;10-9-8-5-7(15(11,13)14)2-1-6(8)3-4-12-9/h1-5H;1-5H,(H2,11,13,14). The average molecular weight is 485 g/mol. The lowest BCUT2D eigenvalue weighted by molar-refractivity contribution is 0.598. The van der Waals surface area contributed by atoms with Gasteiger partial charge in [0.1, 0.15) is 10.3 Å². The molecule has 0 amide bonds. The van der Waals surface area contributed by atoms with Gasteiger partial charge in [0.15, 0.2) is 0 Å². The first-order valence-electron chi connectivity index (χ1n) is 7.52. The zero-order chi connectivity index (χ0) is 19.6. The molecule has 4 rings (SSSR count). The van der Waals surface area contributed by atoms with Gasteiger partial charge in [-0.3, -0.25) is 0 Å². The van der Waals surface area contributed by atoms with Crippen LogP contribution in [0.3, 0.4) is 0 Å². The smallest absolute Gasteiger partial charge is 0.238 e. The first kappa shape index (κ1) is 20.0. The summed E-state index contributed by atoms with van der Waals surface area (Å²) in [5, 5.41) is 9.30. The van der Waals surface area contributed by atoms with E-state index in [9.17, 15) is 8.42 Å². The van der Waals surface area contributed by atoms with Gasteiger partial charge in [0.25, 0.3) is 0 Å². The fourth-order valence-electron chi connectivity index (χ4n) is 2.39. The summed E-state index contributed by atoms with van der Waals surface area (Å²) < 4.78 is 23.2. The van der Waals surface area contributed by atoms with Crippen molar-refractivity contribution in [3.63, 3.8) is 0 Å². The Hall–Kier alpha value is -1.77. The molecule has 0 unspecified atom stereocenters. The van der Waals surface area contributed by atoms with Crippen molar-refractivity contribution < 1.29 is 8.42 Å². The lowest BCUT2D eigenvalue weighted by Gasteiger charge is -2.02. The number of benzene rings is 2. The Morgan fingerprint density at radius 1 is 0.815 bits per heavy atom. The fourth-order valence-corrected chi connectivity index (χ4v) is 3.73. The zero-order valence-corrected chi connectivity index (χ0v) is 17.5. The summed E-state index contributed by atoms with van der Waals surface area (Å²) in [6.45, 7) is 0. The van der Waals surface area contributed by atoms with Gasteiger partial charge in [0, 0.05) is 27.6 Å². The van der Waals surface area contributed by atoms with Gasteiger partial charge in [-0.25, -0.2) is 23.5 Å². The van der Waals surface area contributed by atoms with Gasteiger partial charge in [-0.2, -0.15) is 0 Å². The van der Waals surface area contributed by atoms with E-state index in [-0.39, 0.29) is 10.0 Å². The van der Waals surface area contributed by atoms with Crippen molar-refractivity contribution in [2.24, 2.45) is 5.14 Å². The molecule has 5 nitrogen and oxygen atoms in total. The second kappa shape index (κ2) is 8.08. The van der Waals surface area contributed by atoms with Crippen molar-refractivity contribution in [1.29, 1.82) is 0 Å². The zero-order valence-electron chi connectivity index (χ0n) is 13.6. The highest BCUT2D eigenvalue weighted by Crippen LogP contribution is 2.24. The number of pyridine rings is 2. The summed E-state index contributed by atoms with van der Waals surface area (Å²) in [4.78, 5) is 7.89. The summed E-state index contributed by atoms with van der Waals surface area (Å²) in [5.74, 6) is 0. The lowest BCUT2D eigenvalue weighted by Crippen LogP contribution is -2.11. The number of hydrogen-bond donors (Lipinski definition) is 1. The Bertz CT molecular complexity index is 1250. The van der Waals surface area contributed by atoms with Crippen molar-refractivity contribution in [1.82, 2.24) is 9.97 Å². The predicted molar refractivity (Wildman–Crippen MR) is 113 cm³/mol. The first-order valence-corrected chi connectivity index (χ1v) is 10.6. The van der Waals surface area contributed by atoms with Gasteiger partial charge < -0.3 is 0 Å². The molecular formula is C18H12BrCl2N3O2S. The molecule has 138 valence electrons. The molecule has 0 atom stereocenters. The summed E-state index contributed by atoms with van der Waals surface area (Å²) in [6, 6.07) is 14.1. The maximum Gasteiger partial charge on any atom is 0.238 e. The molecule has 2 N–H and O–H groups in total. The van der Waals surface area contributed by atoms with Gasteiger partial charge in [-0.05, 0) is 47.2 Å². The molecule has 0 bridgehead atoms. The third-order valence-corrected chi connectivity index (χ3v) is 5.70. The Labute approximate surface area is 174 Å². The van der Waals surface area contributed by atoms with Crippen molar-refractivity contribution in [3.8, 4) is 0 Å². The summed E-state index contributed by atoms with van der Waals surface area (Å²) in [5.41, 5.74) is 0. The predicted octanol–water partition coefficient (Wildman–Crippen LogP) is 5.19. The van der Waals surface area contributed by atoms with Gasteiger partial charge in [0.2, 0.25) is 10.0 Å². The van der Waals surface area contributed by atoms with Crippen molar-refractivity contribution in [3.05, 3.63) is 75.7 Å². The minimum atomic E-state index is -3.70. The van der Waals surface area contributed by atoms with E-state index in [2.05, 4.69) is 25.9 Å². The number of fused-ring (bicyclic) bond motifs is 2. The van der Waals surface area contributed by atoms with Crippen molar-refractivity contribution >= 4 is 70.7 Å². The van der Waals surface area contributed by atoms with Crippen LogP contribution in [0.25, 0.3) is 21.5 Å². The molecule has 0 aliphatic rings. The number of halogens is 3. The lowest BCUT2D eigenvalue weighted by atomic mass is 10.2. The van der Waals surface area contributed by atoms with Crippen LogP contribution in [-0.2, 0) is 10.0 Å². The Morgan fingerprint density at radius 3 is 1.89 bits per heavy atom. The molecule has 0 radical (unpaired) electrons. The van der Waals surface area contributed by atoms with Crippen LogP contribution in [0.15, 0.2) is 70.3 Å². The topological polar surface area (TPSA) is 85.9 Å². The molecule has 2 aromatic carbocycles. The van der Waals surface area contributed by atoms with Crippen LogP contribution >= 0.6 is 39.1 Å². The molecule has 0 aliphatic heterocycles. The molecule has 0 spiro atoms. The van der Waals surface area contributed by atoms with E-state index in [4.69, 9.17) is 28.3 Å². The van der Waals surface area contributed by atoms with Gasteiger partial charge in [-0.15, -0.1) is 0 Å². The fraction of sp³-hybridized carbons (Fsp3) is 0. The van der Waals surface area contributed by atoms with Gasteiger partial charge >= 0.3 is 0 Å². The van der Waals surface area contributed by atoms with Crippen LogP contribution in [-0.4, -0.2) is 18.4 Å². The average Bonchev–Trinajstić information content (AvgIpc) is 2.62. The quantitative estimate of drug-likeness (QED) is 0.377. The number of hydrogen-bond acceptors (Lipinski definition) is 4. The number of nitrogens with zero attached hydrogens (tertiary/aromatic N) is 2. The SMILES string of the molecule is Clc1nccc2ccc(Br)cc12.NS(=O)(=O)c1ccc2ccnc(Cl)c2c1. The molecule has 0 fully saturated rings. The largest absolute Gasteiger partial charge is 0.244 e. The van der Waals surface area contributed by atoms with E-state index >= 15 is 0 Å². The maximum absolute atomic E-state index is 11.1. The Balaban J connectivity index is 0.000000159. The van der Waals surface area contributed by atoms with E-state index in [0.717, 1.165) is 20.6 Å². The van der Waals surface area contributed by atoms with E-state index in [0.29, 0.717) is 10.5 Å². The molecular weight excluding hydrogens is 473 g/mol. The minimum absolute atomic E-state index is 0.0323. The number of sulfonamides is 1. The number of nitrogens with two attached hydrogens (primary N) is 1. The van der Waals surface area contributed by atoms with E-state index < -0.39 is 10.0 Å². The monoisotopic (exact) mass is 483 g/mol. The maximum atomic E-state index is 11.1. The van der Waals surface area contributed by atoms with E-state index in [1.54, 1.807) is 24.5 Å². The third kappa shape index (κ3) is 4.75. The van der Waals surface area contributed by atoms with Crippen LogP contribution < -0.4 is 5.14 Å². The summed E-state index contributed by atoms with van der Waals surface area (Å²) >= 11 is 15.1. The minimum Gasteiger partial charge on any atom is -0.244 e. The second-order valence-electron chi connectivity index (χ2n) is 5.50. The van der Waals surface area contributed by atoms with E-state index in [1.165, 1.54) is 12.1 Å². The normalized spacial score (nSPS) is 11.3. The Kier molecular flexibility index (Phi) is 5.98. The van der Waals surface area contributed by atoms with Crippen LogP contribution in [0.5, 0.6) is 0 Å². The van der Waals surface area contributed by atoms with Crippen molar-refractivity contribution in [2.45, 2.75) is 4.90 Å². The molecule has 0 saturated heterocycles. The molecule has 2 heterocycles. The second-order valence-corrected chi connectivity index (χ2v) is 8.69. The number of aromatic nitrogens is 2. The molecule has 2 aromatic heterocycles. The highest BCUT2D eigenvalue weighted by Gasteiger charge is 2.09. The number of rotatable bonds is 1. The molecule has 9 heteroatoms. The van der Waals surface area contributed by atoms with E-state index in [1.807, 2.05) is 24.3 Å². The van der Waals surface area contributed by atoms with Gasteiger partial charge in [0.05, 0.1) is 4.90 Å². The third-order valence-electron chi connectivity index (χ3n) is 3.70. The summed E-state index contributed by atoms with van der Waals surface area (Å²) in [6.07, 6.45) is 3.26.